The van der Waals surface area contributed by atoms with E-state index < -0.39 is 0 Å². The number of hydrogen-bond acceptors (Lipinski definition) is 5. The molecule has 0 saturated carbocycles. The summed E-state index contributed by atoms with van der Waals surface area (Å²) in [5.41, 5.74) is 0.516. The van der Waals surface area contributed by atoms with Crippen LogP contribution in [0.5, 0.6) is 0 Å². The molecule has 4 heterocycles. The van der Waals surface area contributed by atoms with Gasteiger partial charge in [0.25, 0.3) is 5.91 Å². The van der Waals surface area contributed by atoms with Crippen molar-refractivity contribution in [2.75, 3.05) is 19.0 Å². The van der Waals surface area contributed by atoms with Crippen LogP contribution < -0.4 is 15.5 Å². The maximum absolute atomic E-state index is 12.5. The van der Waals surface area contributed by atoms with Crippen molar-refractivity contribution in [3.05, 3.63) is 24.0 Å². The van der Waals surface area contributed by atoms with Gasteiger partial charge in [-0.2, -0.15) is 0 Å². The average molecular weight is 316 g/mol. The van der Waals surface area contributed by atoms with Crippen molar-refractivity contribution >= 4 is 32.3 Å². The Balaban J connectivity index is 1.54. The van der Waals surface area contributed by atoms with Gasteiger partial charge in [-0.1, -0.05) is 0 Å². The quantitative estimate of drug-likeness (QED) is 0.909. The molecule has 2 fully saturated rings. The molecule has 5 nitrogen and oxygen atoms in total. The van der Waals surface area contributed by atoms with E-state index in [-0.39, 0.29) is 11.9 Å². The van der Waals surface area contributed by atoms with Gasteiger partial charge in [0.05, 0.1) is 5.00 Å². The number of rotatable bonds is 3. The average Bonchev–Trinajstić information content (AvgIpc) is 3.20. The summed E-state index contributed by atoms with van der Waals surface area (Å²) in [6.45, 7) is 0. The molecule has 116 valence electrons. The second kappa shape index (κ2) is 5.21. The number of nitrogens with zero attached hydrogens (tertiary/aromatic N) is 2. The van der Waals surface area contributed by atoms with Gasteiger partial charge in [-0.05, 0) is 31.4 Å². The summed E-state index contributed by atoms with van der Waals surface area (Å²) in [6, 6.07) is 5.30. The normalized spacial score (nSPS) is 26.5. The third kappa shape index (κ3) is 2.36. The molecule has 2 N–H and O–H groups in total. The van der Waals surface area contributed by atoms with Crippen LogP contribution in [-0.4, -0.2) is 43.1 Å². The molecule has 2 bridgehead atoms. The molecule has 0 aliphatic carbocycles. The van der Waals surface area contributed by atoms with Gasteiger partial charge < -0.3 is 15.5 Å². The van der Waals surface area contributed by atoms with Crippen LogP contribution in [0.2, 0.25) is 0 Å². The number of aromatic nitrogens is 1. The van der Waals surface area contributed by atoms with Crippen molar-refractivity contribution in [3.8, 4) is 0 Å². The van der Waals surface area contributed by atoms with Crippen molar-refractivity contribution in [3.63, 3.8) is 0 Å². The minimum Gasteiger partial charge on any atom is -0.370 e. The molecule has 3 atom stereocenters. The third-order valence-electron chi connectivity index (χ3n) is 4.68. The van der Waals surface area contributed by atoms with Gasteiger partial charge in [-0.25, -0.2) is 0 Å². The van der Waals surface area contributed by atoms with Gasteiger partial charge in [-0.15, -0.1) is 11.3 Å². The van der Waals surface area contributed by atoms with E-state index in [9.17, 15) is 4.79 Å². The number of hydrogen-bond donors (Lipinski definition) is 2. The smallest absolute Gasteiger partial charge is 0.270 e. The zero-order valence-electron chi connectivity index (χ0n) is 12.8. The summed E-state index contributed by atoms with van der Waals surface area (Å²) in [6.07, 6.45) is 5.25. The van der Waals surface area contributed by atoms with Gasteiger partial charge in [0.15, 0.2) is 0 Å². The number of fused-ring (bicyclic) bond motifs is 3. The van der Waals surface area contributed by atoms with E-state index in [4.69, 9.17) is 0 Å². The van der Waals surface area contributed by atoms with E-state index in [1.807, 2.05) is 20.2 Å². The predicted molar refractivity (Wildman–Crippen MR) is 89.8 cm³/mol. The maximum atomic E-state index is 12.5. The lowest BCUT2D eigenvalue weighted by Crippen LogP contribution is -2.43. The lowest BCUT2D eigenvalue weighted by atomic mass is 9.95. The van der Waals surface area contributed by atoms with Crippen LogP contribution in [0.4, 0.5) is 5.00 Å². The predicted octanol–water partition coefficient (Wildman–Crippen LogP) is 1.98. The van der Waals surface area contributed by atoms with Crippen LogP contribution in [0.25, 0.3) is 10.1 Å². The van der Waals surface area contributed by atoms with Crippen molar-refractivity contribution in [2.45, 2.75) is 37.4 Å². The molecule has 0 aromatic carbocycles. The fourth-order valence-corrected chi connectivity index (χ4v) is 4.48. The Morgan fingerprint density at radius 2 is 2.27 bits per heavy atom. The number of carbonyl (C=O) groups excluding carboxylic acids is 1. The van der Waals surface area contributed by atoms with Gasteiger partial charge in [0.1, 0.15) is 5.69 Å². The molecule has 22 heavy (non-hydrogen) atoms. The topological polar surface area (TPSA) is 57.3 Å². The molecule has 2 aliphatic rings. The molecule has 4 rings (SSSR count). The number of amides is 1. The minimum atomic E-state index is -0.0546. The van der Waals surface area contributed by atoms with Gasteiger partial charge >= 0.3 is 0 Å². The highest BCUT2D eigenvalue weighted by Gasteiger charge is 2.39. The number of anilines is 1. The highest BCUT2D eigenvalue weighted by Crippen LogP contribution is 2.32. The highest BCUT2D eigenvalue weighted by molar-refractivity contribution is 7.22. The molecule has 0 unspecified atom stereocenters. The van der Waals surface area contributed by atoms with Crippen LogP contribution in [0.1, 0.15) is 29.8 Å². The summed E-state index contributed by atoms with van der Waals surface area (Å²) >= 11 is 1.69. The van der Waals surface area contributed by atoms with E-state index in [1.54, 1.807) is 17.5 Å². The molecule has 1 amide bonds. The second-order valence-electron chi connectivity index (χ2n) is 6.45. The molecular weight excluding hydrogens is 296 g/mol. The molecule has 2 aliphatic heterocycles. The van der Waals surface area contributed by atoms with E-state index in [2.05, 4.69) is 26.6 Å². The van der Waals surface area contributed by atoms with Crippen molar-refractivity contribution in [2.24, 2.45) is 0 Å². The summed E-state index contributed by atoms with van der Waals surface area (Å²) in [5.74, 6) is -0.0546. The zero-order valence-corrected chi connectivity index (χ0v) is 13.6. The van der Waals surface area contributed by atoms with E-state index in [1.165, 1.54) is 17.8 Å². The Bertz CT molecular complexity index is 726. The molecular formula is C16H20N4OS. The summed E-state index contributed by atoms with van der Waals surface area (Å²) in [5, 5.41) is 8.96. The Morgan fingerprint density at radius 3 is 2.95 bits per heavy atom. The number of pyridine rings is 1. The first-order chi connectivity index (χ1) is 10.6. The van der Waals surface area contributed by atoms with Crippen LogP contribution in [0.15, 0.2) is 18.3 Å². The molecule has 2 saturated heterocycles. The lowest BCUT2D eigenvalue weighted by Gasteiger charge is -2.21. The van der Waals surface area contributed by atoms with Gasteiger partial charge in [0.2, 0.25) is 0 Å². The molecule has 2 aromatic rings. The molecule has 2 aromatic heterocycles. The SMILES string of the molecule is CN(C)c1cc2cnc(C(=O)N[C@@H]3C[C@H]4CC[C@@H]3N4)cc2s1. The summed E-state index contributed by atoms with van der Waals surface area (Å²) in [7, 11) is 4.04. The second-order valence-corrected chi connectivity index (χ2v) is 7.51. The van der Waals surface area contributed by atoms with Crippen molar-refractivity contribution < 1.29 is 4.79 Å². The lowest BCUT2D eigenvalue weighted by molar-refractivity contribution is 0.0926. The first kappa shape index (κ1) is 14.0. The Labute approximate surface area is 133 Å². The molecule has 0 spiro atoms. The summed E-state index contributed by atoms with van der Waals surface area (Å²) in [4.78, 5) is 18.9. The van der Waals surface area contributed by atoms with Crippen molar-refractivity contribution in [1.82, 2.24) is 15.6 Å². The monoisotopic (exact) mass is 316 g/mol. The fourth-order valence-electron chi connectivity index (χ4n) is 3.49. The molecule has 0 radical (unpaired) electrons. The van der Waals surface area contributed by atoms with E-state index in [0.717, 1.165) is 16.5 Å². The van der Waals surface area contributed by atoms with Crippen LogP contribution in [0.3, 0.4) is 0 Å². The Hall–Kier alpha value is -1.66. The standard InChI is InChI=1S/C16H20N4OS/c1-20(2)15-5-9-8-17-13(7-14(9)22-15)16(21)19-12-6-10-3-4-11(12)18-10/h5,7-8,10-12,18H,3-4,6H2,1-2H3,(H,19,21)/t10-,11+,12-/m1/s1. The summed E-state index contributed by atoms with van der Waals surface area (Å²) < 4.78 is 1.11. The Morgan fingerprint density at radius 1 is 1.41 bits per heavy atom. The van der Waals surface area contributed by atoms with Crippen LogP contribution in [0, 0.1) is 0 Å². The van der Waals surface area contributed by atoms with Crippen LogP contribution in [-0.2, 0) is 0 Å². The number of carbonyl (C=O) groups is 1. The van der Waals surface area contributed by atoms with Crippen LogP contribution >= 0.6 is 11.3 Å². The first-order valence-electron chi connectivity index (χ1n) is 7.74. The van der Waals surface area contributed by atoms with E-state index in [0.29, 0.717) is 17.8 Å². The fraction of sp³-hybridized carbons (Fsp3) is 0.500. The zero-order chi connectivity index (χ0) is 15.3. The van der Waals surface area contributed by atoms with Gasteiger partial charge in [0, 0.05) is 48.5 Å². The number of thiophene rings is 1. The molecule has 6 heteroatoms. The number of nitrogens with one attached hydrogen (secondary N) is 2. The van der Waals surface area contributed by atoms with Gasteiger partial charge in [-0.3, -0.25) is 9.78 Å². The minimum absolute atomic E-state index is 0.0546. The maximum Gasteiger partial charge on any atom is 0.270 e. The Kier molecular flexibility index (Phi) is 3.31. The highest BCUT2D eigenvalue weighted by atomic mass is 32.1. The first-order valence-corrected chi connectivity index (χ1v) is 8.55. The largest absolute Gasteiger partial charge is 0.370 e. The van der Waals surface area contributed by atoms with E-state index >= 15 is 0 Å². The van der Waals surface area contributed by atoms with Crippen molar-refractivity contribution in [1.29, 1.82) is 0 Å². The third-order valence-corrected chi connectivity index (χ3v) is 5.94.